The molecule has 0 radical (unpaired) electrons. The molecule has 1 unspecified atom stereocenters. The van der Waals surface area contributed by atoms with Crippen molar-refractivity contribution in [2.24, 2.45) is 0 Å². The molecule has 0 saturated carbocycles. The van der Waals surface area contributed by atoms with Crippen LogP contribution in [0.15, 0.2) is 6.08 Å². The fraction of sp³-hybridized carbons (Fsp3) is 0.882. The first-order valence-electron chi connectivity index (χ1n) is 8.32. The molecule has 0 N–H and O–H groups in total. The minimum Gasteiger partial charge on any atom is -0.300 e. The van der Waals surface area contributed by atoms with Crippen molar-refractivity contribution < 1.29 is 4.79 Å². The van der Waals surface area contributed by atoms with Crippen molar-refractivity contribution in [1.29, 1.82) is 0 Å². The molecule has 0 amide bonds. The third kappa shape index (κ3) is 7.54. The summed E-state index contributed by atoms with van der Waals surface area (Å²) in [5.74, 6) is 1.96. The van der Waals surface area contributed by atoms with Gasteiger partial charge in [0, 0.05) is 12.1 Å². The van der Waals surface area contributed by atoms with E-state index in [-0.39, 0.29) is 0 Å². The summed E-state index contributed by atoms with van der Waals surface area (Å²) in [5, 5.41) is 0. The second-order valence-corrected chi connectivity index (χ2v) is 5.86. The maximum absolute atomic E-state index is 10.5. The first-order chi connectivity index (χ1) is 9.38. The van der Waals surface area contributed by atoms with Crippen molar-refractivity contribution in [2.45, 2.75) is 83.6 Å². The highest BCUT2D eigenvalue weighted by Gasteiger charge is 2.18. The van der Waals surface area contributed by atoms with Crippen molar-refractivity contribution in [3.63, 3.8) is 0 Å². The predicted octanol–water partition coefficient (Wildman–Crippen LogP) is 4.37. The molecule has 1 saturated heterocycles. The van der Waals surface area contributed by atoms with Crippen LogP contribution in [-0.4, -0.2) is 30.0 Å². The van der Waals surface area contributed by atoms with Crippen LogP contribution in [0.3, 0.4) is 0 Å². The van der Waals surface area contributed by atoms with Gasteiger partial charge in [0.1, 0.15) is 5.94 Å². The first-order valence-corrected chi connectivity index (χ1v) is 8.32. The maximum atomic E-state index is 10.5. The second kappa shape index (κ2) is 11.3. The molecular formula is C17H31NO. The minimum atomic E-state index is 0.584. The number of likely N-dealkylation sites (tertiary alicyclic amines) is 1. The van der Waals surface area contributed by atoms with E-state index < -0.39 is 0 Å². The van der Waals surface area contributed by atoms with Gasteiger partial charge in [-0.15, -0.1) is 0 Å². The molecule has 0 aromatic rings. The average molecular weight is 265 g/mol. The topological polar surface area (TPSA) is 20.3 Å². The Bertz CT molecular complexity index is 250. The Morgan fingerprint density at radius 2 is 1.74 bits per heavy atom. The molecule has 19 heavy (non-hydrogen) atoms. The third-order valence-electron chi connectivity index (χ3n) is 4.27. The molecule has 0 aromatic carbocycles. The van der Waals surface area contributed by atoms with Gasteiger partial charge in [0.25, 0.3) is 0 Å². The van der Waals surface area contributed by atoms with Crippen LogP contribution in [0.2, 0.25) is 0 Å². The Morgan fingerprint density at radius 3 is 2.37 bits per heavy atom. The van der Waals surface area contributed by atoms with Crippen LogP contribution in [0.4, 0.5) is 0 Å². The van der Waals surface area contributed by atoms with Gasteiger partial charge in [0.05, 0.1) is 0 Å². The zero-order chi connectivity index (χ0) is 13.8. The maximum Gasteiger partial charge on any atom is 0.120 e. The van der Waals surface area contributed by atoms with Crippen molar-refractivity contribution >= 4 is 5.94 Å². The van der Waals surface area contributed by atoms with E-state index in [0.29, 0.717) is 6.04 Å². The summed E-state index contributed by atoms with van der Waals surface area (Å²) in [5.41, 5.74) is 0. The van der Waals surface area contributed by atoms with Gasteiger partial charge in [0.15, 0.2) is 0 Å². The highest BCUT2D eigenvalue weighted by Crippen LogP contribution is 2.19. The van der Waals surface area contributed by atoms with Gasteiger partial charge in [-0.1, -0.05) is 51.9 Å². The molecule has 0 spiro atoms. The standard InChI is InChI=1S/C17H31NO/c1-2-3-4-5-8-12-17(13-11-16-19)18-14-9-6-7-10-15-18/h11,17H,2-10,12-15H2,1H3. The van der Waals surface area contributed by atoms with Gasteiger partial charge >= 0.3 is 0 Å². The second-order valence-electron chi connectivity index (χ2n) is 5.86. The number of hydrogen-bond donors (Lipinski definition) is 0. The van der Waals surface area contributed by atoms with E-state index in [2.05, 4.69) is 11.8 Å². The largest absolute Gasteiger partial charge is 0.300 e. The summed E-state index contributed by atoms with van der Waals surface area (Å²) in [4.78, 5) is 13.1. The molecule has 1 aliphatic rings. The van der Waals surface area contributed by atoms with Crippen LogP contribution in [-0.2, 0) is 4.79 Å². The zero-order valence-electron chi connectivity index (χ0n) is 12.7. The van der Waals surface area contributed by atoms with Crippen molar-refractivity contribution in [1.82, 2.24) is 4.90 Å². The summed E-state index contributed by atoms with van der Waals surface area (Å²) in [7, 11) is 0. The van der Waals surface area contributed by atoms with Crippen LogP contribution in [0.25, 0.3) is 0 Å². The summed E-state index contributed by atoms with van der Waals surface area (Å²) in [6.45, 7) is 4.72. The lowest BCUT2D eigenvalue weighted by atomic mass is 10.0. The van der Waals surface area contributed by atoms with E-state index in [1.807, 2.05) is 5.94 Å². The highest BCUT2D eigenvalue weighted by molar-refractivity contribution is 5.44. The zero-order valence-corrected chi connectivity index (χ0v) is 12.7. The monoisotopic (exact) mass is 265 g/mol. The quantitative estimate of drug-likeness (QED) is 0.456. The van der Waals surface area contributed by atoms with Crippen LogP contribution >= 0.6 is 0 Å². The first kappa shape index (κ1) is 16.5. The van der Waals surface area contributed by atoms with Gasteiger partial charge in [-0.3, -0.25) is 0 Å². The molecule has 1 heterocycles. The number of nitrogens with zero attached hydrogens (tertiary/aromatic N) is 1. The Labute approximate surface area is 119 Å². The number of rotatable bonds is 9. The number of unbranched alkanes of at least 4 members (excludes halogenated alkanes) is 4. The lowest BCUT2D eigenvalue weighted by Gasteiger charge is -2.29. The van der Waals surface area contributed by atoms with E-state index >= 15 is 0 Å². The van der Waals surface area contributed by atoms with Crippen molar-refractivity contribution in [3.8, 4) is 0 Å². The Balaban J connectivity index is 2.34. The van der Waals surface area contributed by atoms with Crippen LogP contribution in [0, 0.1) is 0 Å². The fourth-order valence-electron chi connectivity index (χ4n) is 3.08. The van der Waals surface area contributed by atoms with Gasteiger partial charge in [0.2, 0.25) is 0 Å². The molecule has 2 heteroatoms. The predicted molar refractivity (Wildman–Crippen MR) is 82.1 cm³/mol. The Hall–Kier alpha value is -0.590. The van der Waals surface area contributed by atoms with E-state index in [0.717, 1.165) is 6.42 Å². The average Bonchev–Trinajstić information content (AvgIpc) is 2.71. The van der Waals surface area contributed by atoms with Crippen LogP contribution in [0.5, 0.6) is 0 Å². The SMILES string of the molecule is CCCCCCCC(CC=C=O)N1CCCCCC1. The normalized spacial score (nSPS) is 18.6. The molecule has 0 aliphatic carbocycles. The van der Waals surface area contributed by atoms with Gasteiger partial charge < -0.3 is 4.90 Å². The van der Waals surface area contributed by atoms with Gasteiger partial charge in [-0.25, -0.2) is 4.79 Å². The van der Waals surface area contributed by atoms with Crippen molar-refractivity contribution in [2.75, 3.05) is 13.1 Å². The molecule has 0 bridgehead atoms. The molecule has 1 aliphatic heterocycles. The molecule has 110 valence electrons. The minimum absolute atomic E-state index is 0.584. The van der Waals surface area contributed by atoms with Gasteiger partial charge in [-0.2, -0.15) is 0 Å². The van der Waals surface area contributed by atoms with E-state index in [9.17, 15) is 4.79 Å². The third-order valence-corrected chi connectivity index (χ3v) is 4.27. The van der Waals surface area contributed by atoms with Crippen molar-refractivity contribution in [3.05, 3.63) is 6.08 Å². The molecule has 0 aromatic heterocycles. The molecule has 1 rings (SSSR count). The van der Waals surface area contributed by atoms with E-state index in [1.54, 1.807) is 6.08 Å². The lowest BCUT2D eigenvalue weighted by molar-refractivity contribution is 0.191. The fourth-order valence-corrected chi connectivity index (χ4v) is 3.08. The van der Waals surface area contributed by atoms with E-state index in [1.165, 1.54) is 77.3 Å². The summed E-state index contributed by atoms with van der Waals surface area (Å²) < 4.78 is 0. The molecule has 1 atom stereocenters. The summed E-state index contributed by atoms with van der Waals surface area (Å²) in [6.07, 6.45) is 16.0. The van der Waals surface area contributed by atoms with Crippen LogP contribution < -0.4 is 0 Å². The van der Waals surface area contributed by atoms with Gasteiger partial charge in [-0.05, 0) is 38.8 Å². The van der Waals surface area contributed by atoms with Crippen LogP contribution in [0.1, 0.15) is 77.6 Å². The number of hydrogen-bond acceptors (Lipinski definition) is 2. The Kier molecular flexibility index (Phi) is 9.75. The Morgan fingerprint density at radius 1 is 1.05 bits per heavy atom. The summed E-state index contributed by atoms with van der Waals surface area (Å²) >= 11 is 0. The van der Waals surface area contributed by atoms with E-state index in [4.69, 9.17) is 0 Å². The smallest absolute Gasteiger partial charge is 0.120 e. The summed E-state index contributed by atoms with van der Waals surface area (Å²) in [6, 6.07) is 0.584. The molecule has 2 nitrogen and oxygen atoms in total. The highest BCUT2D eigenvalue weighted by atomic mass is 16.1. The molecule has 1 fully saturated rings. The molecular weight excluding hydrogens is 234 g/mol. The number of carbonyl (C=O) groups excluding carboxylic acids is 1. The lowest BCUT2D eigenvalue weighted by Crippen LogP contribution is -2.35.